The molecule has 0 saturated carbocycles. The fraction of sp³-hybridized carbons (Fsp3) is 0.364. The van der Waals surface area contributed by atoms with Crippen LogP contribution in [0.3, 0.4) is 0 Å². The van der Waals surface area contributed by atoms with Gasteiger partial charge in [0.25, 0.3) is 5.91 Å². The van der Waals surface area contributed by atoms with Gasteiger partial charge in [0.05, 0.1) is 12.2 Å². The third-order valence-corrected chi connectivity index (χ3v) is 5.02. The average Bonchev–Trinajstić information content (AvgIpc) is 3.18. The van der Waals surface area contributed by atoms with E-state index in [1.807, 2.05) is 41.3 Å². The lowest BCUT2D eigenvalue weighted by molar-refractivity contribution is 0.0526. The largest absolute Gasteiger partial charge is 0.462 e. The lowest BCUT2D eigenvalue weighted by Crippen LogP contribution is -2.34. The van der Waals surface area contributed by atoms with Crippen LogP contribution in [0.4, 0.5) is 0 Å². The van der Waals surface area contributed by atoms with Crippen molar-refractivity contribution in [1.29, 1.82) is 0 Å². The first-order chi connectivity index (χ1) is 13.0. The Morgan fingerprint density at radius 2 is 1.81 bits per heavy atom. The molecule has 5 nitrogen and oxygen atoms in total. The van der Waals surface area contributed by atoms with Crippen LogP contribution in [0.5, 0.6) is 0 Å². The minimum atomic E-state index is -0.322. The van der Waals surface area contributed by atoms with Gasteiger partial charge >= 0.3 is 5.97 Å². The minimum absolute atomic E-state index is 0.0735. The fourth-order valence-electron chi connectivity index (χ4n) is 3.38. The summed E-state index contributed by atoms with van der Waals surface area (Å²) in [6.45, 7) is 3.70. The molecule has 142 valence electrons. The molecule has 0 aromatic heterocycles. The number of likely N-dealkylation sites (N-methyl/N-ethyl adjacent to an activating group) is 1. The molecule has 1 amide bonds. The molecule has 0 bridgehead atoms. The van der Waals surface area contributed by atoms with Gasteiger partial charge in [0.1, 0.15) is 0 Å². The summed E-state index contributed by atoms with van der Waals surface area (Å²) in [4.78, 5) is 28.7. The van der Waals surface area contributed by atoms with Crippen LogP contribution in [-0.2, 0) is 4.74 Å². The Morgan fingerprint density at radius 3 is 2.44 bits per heavy atom. The number of rotatable bonds is 5. The number of likely N-dealkylation sites (tertiary alicyclic amines) is 1. The van der Waals surface area contributed by atoms with Gasteiger partial charge in [-0.05, 0) is 62.8 Å². The Labute approximate surface area is 160 Å². The highest BCUT2D eigenvalue weighted by Crippen LogP contribution is 2.23. The zero-order chi connectivity index (χ0) is 19.4. The van der Waals surface area contributed by atoms with Crippen LogP contribution in [-0.4, -0.2) is 61.5 Å². The molecular formula is C22H26N2O3. The number of nitrogens with zero attached hydrogens (tertiary/aromatic N) is 2. The first kappa shape index (κ1) is 19.1. The fourth-order valence-corrected chi connectivity index (χ4v) is 3.38. The van der Waals surface area contributed by atoms with Crippen molar-refractivity contribution >= 4 is 11.9 Å². The number of esters is 1. The van der Waals surface area contributed by atoms with Crippen molar-refractivity contribution in [3.8, 4) is 11.1 Å². The summed E-state index contributed by atoms with van der Waals surface area (Å²) in [6, 6.07) is 15.4. The Bertz CT molecular complexity index is 815. The number of carbonyl (C=O) groups excluding carboxylic acids is 2. The van der Waals surface area contributed by atoms with Crippen molar-refractivity contribution in [1.82, 2.24) is 9.80 Å². The third kappa shape index (κ3) is 4.37. The van der Waals surface area contributed by atoms with Crippen molar-refractivity contribution in [2.75, 3.05) is 33.8 Å². The van der Waals surface area contributed by atoms with E-state index in [2.05, 4.69) is 19.0 Å². The van der Waals surface area contributed by atoms with E-state index in [1.54, 1.807) is 19.1 Å². The number of amides is 1. The van der Waals surface area contributed by atoms with Crippen molar-refractivity contribution in [2.45, 2.75) is 19.4 Å². The van der Waals surface area contributed by atoms with Crippen LogP contribution in [0.2, 0.25) is 0 Å². The van der Waals surface area contributed by atoms with Gasteiger partial charge in [0.2, 0.25) is 0 Å². The summed E-state index contributed by atoms with van der Waals surface area (Å²) in [7, 11) is 4.11. The van der Waals surface area contributed by atoms with Gasteiger partial charge in [0, 0.05) is 24.7 Å². The van der Waals surface area contributed by atoms with E-state index in [0.717, 1.165) is 30.6 Å². The molecule has 27 heavy (non-hydrogen) atoms. The Balaban J connectivity index is 1.76. The summed E-state index contributed by atoms with van der Waals surface area (Å²) < 4.78 is 5.01. The summed E-state index contributed by atoms with van der Waals surface area (Å²) >= 11 is 0. The van der Waals surface area contributed by atoms with E-state index in [9.17, 15) is 9.59 Å². The van der Waals surface area contributed by atoms with Crippen LogP contribution in [0, 0.1) is 0 Å². The van der Waals surface area contributed by atoms with Gasteiger partial charge in [-0.15, -0.1) is 0 Å². The van der Waals surface area contributed by atoms with E-state index in [0.29, 0.717) is 23.8 Å². The molecule has 0 spiro atoms. The molecule has 1 saturated heterocycles. The molecule has 0 N–H and O–H groups in total. The lowest BCUT2D eigenvalue weighted by atomic mass is 10.0. The highest BCUT2D eigenvalue weighted by atomic mass is 16.5. The predicted molar refractivity (Wildman–Crippen MR) is 106 cm³/mol. The molecule has 1 heterocycles. The monoisotopic (exact) mass is 366 g/mol. The molecule has 1 atom stereocenters. The maximum Gasteiger partial charge on any atom is 0.338 e. The van der Waals surface area contributed by atoms with Gasteiger partial charge in [0.15, 0.2) is 0 Å². The quantitative estimate of drug-likeness (QED) is 0.762. The number of ether oxygens (including phenoxy) is 1. The molecule has 0 radical (unpaired) electrons. The van der Waals surface area contributed by atoms with Crippen molar-refractivity contribution in [3.05, 3.63) is 59.7 Å². The van der Waals surface area contributed by atoms with Crippen LogP contribution in [0.15, 0.2) is 48.5 Å². The first-order valence-corrected chi connectivity index (χ1v) is 9.33. The molecule has 5 heteroatoms. The van der Waals surface area contributed by atoms with Gasteiger partial charge < -0.3 is 14.5 Å². The zero-order valence-corrected chi connectivity index (χ0v) is 16.1. The smallest absolute Gasteiger partial charge is 0.338 e. The van der Waals surface area contributed by atoms with Crippen LogP contribution < -0.4 is 0 Å². The van der Waals surface area contributed by atoms with E-state index in [-0.39, 0.29) is 11.9 Å². The van der Waals surface area contributed by atoms with Crippen LogP contribution in [0.1, 0.15) is 34.1 Å². The first-order valence-electron chi connectivity index (χ1n) is 9.33. The van der Waals surface area contributed by atoms with Crippen LogP contribution >= 0.6 is 0 Å². The molecule has 0 unspecified atom stereocenters. The second kappa shape index (κ2) is 8.35. The maximum absolute atomic E-state index is 12.9. The summed E-state index contributed by atoms with van der Waals surface area (Å²) in [5, 5.41) is 0. The Morgan fingerprint density at radius 1 is 1.07 bits per heavy atom. The molecule has 3 rings (SSSR count). The molecule has 1 aliphatic rings. The average molecular weight is 366 g/mol. The second-order valence-electron chi connectivity index (χ2n) is 7.04. The molecule has 2 aromatic carbocycles. The van der Waals surface area contributed by atoms with Crippen molar-refractivity contribution < 1.29 is 14.3 Å². The predicted octanol–water partition coefficient (Wildman–Crippen LogP) is 3.31. The molecule has 2 aromatic rings. The number of benzene rings is 2. The third-order valence-electron chi connectivity index (χ3n) is 5.02. The minimum Gasteiger partial charge on any atom is -0.462 e. The van der Waals surface area contributed by atoms with Gasteiger partial charge in [-0.1, -0.05) is 24.3 Å². The van der Waals surface area contributed by atoms with E-state index >= 15 is 0 Å². The maximum atomic E-state index is 12.9. The van der Waals surface area contributed by atoms with Crippen molar-refractivity contribution in [2.24, 2.45) is 0 Å². The van der Waals surface area contributed by atoms with Crippen molar-refractivity contribution in [3.63, 3.8) is 0 Å². The molecular weight excluding hydrogens is 340 g/mol. The highest BCUT2D eigenvalue weighted by Gasteiger charge is 2.28. The zero-order valence-electron chi connectivity index (χ0n) is 16.1. The molecule has 1 fully saturated rings. The number of hydrogen-bond acceptors (Lipinski definition) is 4. The van der Waals surface area contributed by atoms with Gasteiger partial charge in [-0.3, -0.25) is 4.79 Å². The highest BCUT2D eigenvalue weighted by molar-refractivity contribution is 5.96. The SMILES string of the molecule is CCOC(=O)c1ccc(-c2cccc(C(=O)N3CC[C@H](N(C)C)C3)c2)cc1. The van der Waals surface area contributed by atoms with E-state index in [4.69, 9.17) is 4.74 Å². The molecule has 1 aliphatic heterocycles. The van der Waals surface area contributed by atoms with Gasteiger partial charge in [-0.2, -0.15) is 0 Å². The normalized spacial score (nSPS) is 16.6. The lowest BCUT2D eigenvalue weighted by Gasteiger charge is -2.20. The number of carbonyl (C=O) groups is 2. The van der Waals surface area contributed by atoms with Gasteiger partial charge in [-0.25, -0.2) is 4.79 Å². The number of hydrogen-bond donors (Lipinski definition) is 0. The van der Waals surface area contributed by atoms with E-state index in [1.165, 1.54) is 0 Å². The van der Waals surface area contributed by atoms with E-state index < -0.39 is 0 Å². The summed E-state index contributed by atoms with van der Waals surface area (Å²) in [5.74, 6) is -0.248. The molecule has 0 aliphatic carbocycles. The van der Waals surface area contributed by atoms with Crippen LogP contribution in [0.25, 0.3) is 11.1 Å². The summed E-state index contributed by atoms with van der Waals surface area (Å²) in [6.07, 6.45) is 1.01. The topological polar surface area (TPSA) is 49.9 Å². The summed E-state index contributed by atoms with van der Waals surface area (Å²) in [5.41, 5.74) is 3.14. The Kier molecular flexibility index (Phi) is 5.91. The standard InChI is InChI=1S/C22H26N2O3/c1-4-27-22(26)17-10-8-16(9-11-17)18-6-5-7-19(14-18)21(25)24-13-12-20(15-24)23(2)3/h5-11,14,20H,4,12-13,15H2,1-3H3/t20-/m0/s1. The Hall–Kier alpha value is -2.66. The second-order valence-corrected chi connectivity index (χ2v) is 7.04.